The number of carbonyl (C=O) groups is 2. The first-order valence-corrected chi connectivity index (χ1v) is 9.01. The third-order valence-electron chi connectivity index (χ3n) is 3.63. The summed E-state index contributed by atoms with van der Waals surface area (Å²) in [5.41, 5.74) is 0.553. The first kappa shape index (κ1) is 19.8. The molecular formula is C20H23ClN2O3. The number of ether oxygens (including phenoxy) is 1. The van der Waals surface area contributed by atoms with E-state index < -0.39 is 0 Å². The Morgan fingerprint density at radius 2 is 1.58 bits per heavy atom. The van der Waals surface area contributed by atoms with Gasteiger partial charge in [-0.1, -0.05) is 29.8 Å². The fourth-order valence-corrected chi connectivity index (χ4v) is 2.38. The number of nitrogens with one attached hydrogen (secondary N) is 2. The molecule has 2 rings (SSSR count). The lowest BCUT2D eigenvalue weighted by Gasteiger charge is -2.08. The molecular weight excluding hydrogens is 352 g/mol. The minimum absolute atomic E-state index is 0.0227. The van der Waals surface area contributed by atoms with Gasteiger partial charge in [0.1, 0.15) is 5.75 Å². The molecule has 26 heavy (non-hydrogen) atoms. The molecule has 0 aliphatic carbocycles. The van der Waals surface area contributed by atoms with Gasteiger partial charge in [-0.25, -0.2) is 0 Å². The van der Waals surface area contributed by atoms with Crippen molar-refractivity contribution in [3.05, 3.63) is 65.2 Å². The minimum Gasteiger partial charge on any atom is -0.494 e. The second kappa shape index (κ2) is 11.2. The number of rotatable bonds is 10. The Hall–Kier alpha value is -2.53. The van der Waals surface area contributed by atoms with E-state index in [1.165, 1.54) is 0 Å². The molecule has 138 valence electrons. The van der Waals surface area contributed by atoms with E-state index in [4.69, 9.17) is 16.3 Å². The molecule has 0 unspecified atom stereocenters. The van der Waals surface area contributed by atoms with Crippen LogP contribution in [-0.4, -0.2) is 31.5 Å². The fraction of sp³-hybridized carbons (Fsp3) is 0.300. The zero-order valence-corrected chi connectivity index (χ0v) is 15.3. The maximum absolute atomic E-state index is 11.9. The summed E-state index contributed by atoms with van der Waals surface area (Å²) in [6.45, 7) is 1.58. The van der Waals surface area contributed by atoms with Crippen LogP contribution >= 0.6 is 11.6 Å². The lowest BCUT2D eigenvalue weighted by Crippen LogP contribution is -2.28. The number of hydrogen-bond acceptors (Lipinski definition) is 3. The van der Waals surface area contributed by atoms with Gasteiger partial charge in [-0.3, -0.25) is 9.59 Å². The lowest BCUT2D eigenvalue weighted by atomic mass is 10.2. The zero-order chi connectivity index (χ0) is 18.6. The van der Waals surface area contributed by atoms with E-state index >= 15 is 0 Å². The number of para-hydroxylation sites is 1. The van der Waals surface area contributed by atoms with Gasteiger partial charge in [0.15, 0.2) is 0 Å². The quantitative estimate of drug-likeness (QED) is 0.626. The average molecular weight is 375 g/mol. The fourth-order valence-electron chi connectivity index (χ4n) is 2.25. The molecule has 0 saturated carbocycles. The predicted molar refractivity (Wildman–Crippen MR) is 103 cm³/mol. The third kappa shape index (κ3) is 7.57. The smallest absolute Gasteiger partial charge is 0.251 e. The summed E-state index contributed by atoms with van der Waals surface area (Å²) in [5, 5.41) is 6.23. The molecule has 0 atom stereocenters. The van der Waals surface area contributed by atoms with Gasteiger partial charge in [0.2, 0.25) is 5.91 Å². The summed E-state index contributed by atoms with van der Waals surface area (Å²) in [4.78, 5) is 23.6. The van der Waals surface area contributed by atoms with Crippen LogP contribution < -0.4 is 15.4 Å². The Morgan fingerprint density at radius 1 is 0.885 bits per heavy atom. The van der Waals surface area contributed by atoms with Crippen LogP contribution in [0.25, 0.3) is 0 Å². The van der Waals surface area contributed by atoms with E-state index in [1.807, 2.05) is 30.3 Å². The summed E-state index contributed by atoms with van der Waals surface area (Å²) in [5.74, 6) is 0.640. The van der Waals surface area contributed by atoms with Crippen LogP contribution in [0.2, 0.25) is 5.02 Å². The summed E-state index contributed by atoms with van der Waals surface area (Å²) in [7, 11) is 0. The Bertz CT molecular complexity index is 690. The number of amides is 2. The number of hydrogen-bond donors (Lipinski definition) is 2. The van der Waals surface area contributed by atoms with Crippen molar-refractivity contribution in [2.24, 2.45) is 0 Å². The molecule has 0 saturated heterocycles. The molecule has 2 N–H and O–H groups in total. The Kier molecular flexibility index (Phi) is 8.49. The maximum Gasteiger partial charge on any atom is 0.251 e. The third-order valence-corrected chi connectivity index (χ3v) is 3.88. The van der Waals surface area contributed by atoms with Gasteiger partial charge >= 0.3 is 0 Å². The van der Waals surface area contributed by atoms with Crippen molar-refractivity contribution in [3.63, 3.8) is 0 Å². The van der Waals surface area contributed by atoms with Gasteiger partial charge in [0.25, 0.3) is 5.91 Å². The SMILES string of the molecule is O=C(CCCNC(=O)c1ccc(Cl)cc1)NCCCOc1ccccc1. The monoisotopic (exact) mass is 374 g/mol. The van der Waals surface area contributed by atoms with Crippen LogP contribution in [0.5, 0.6) is 5.75 Å². The standard InChI is InChI=1S/C20H23ClN2O3/c21-17-11-9-16(10-12-17)20(25)23-13-4-8-19(24)22-14-5-15-26-18-6-2-1-3-7-18/h1-3,6-7,9-12H,4-5,8,13-15H2,(H,22,24)(H,23,25). The van der Waals surface area contributed by atoms with Crippen molar-refractivity contribution in [2.45, 2.75) is 19.3 Å². The largest absolute Gasteiger partial charge is 0.494 e. The van der Waals surface area contributed by atoms with Gasteiger partial charge in [0, 0.05) is 30.1 Å². The lowest BCUT2D eigenvalue weighted by molar-refractivity contribution is -0.121. The molecule has 0 fully saturated rings. The van der Waals surface area contributed by atoms with Gasteiger partial charge < -0.3 is 15.4 Å². The van der Waals surface area contributed by atoms with E-state index in [9.17, 15) is 9.59 Å². The van der Waals surface area contributed by atoms with Gasteiger partial charge in [-0.2, -0.15) is 0 Å². The van der Waals surface area contributed by atoms with E-state index in [2.05, 4.69) is 10.6 Å². The molecule has 0 heterocycles. The first-order valence-electron chi connectivity index (χ1n) is 8.63. The molecule has 0 aliphatic heterocycles. The zero-order valence-electron chi connectivity index (χ0n) is 14.5. The Balaban J connectivity index is 1.49. The molecule has 0 aromatic heterocycles. The van der Waals surface area contributed by atoms with E-state index in [1.54, 1.807) is 24.3 Å². The van der Waals surface area contributed by atoms with Gasteiger partial charge in [-0.05, 0) is 49.2 Å². The maximum atomic E-state index is 11.9. The molecule has 0 radical (unpaired) electrons. The van der Waals surface area contributed by atoms with E-state index in [0.717, 1.165) is 12.2 Å². The van der Waals surface area contributed by atoms with Crippen molar-refractivity contribution in [1.29, 1.82) is 0 Å². The van der Waals surface area contributed by atoms with E-state index in [0.29, 0.717) is 43.1 Å². The highest BCUT2D eigenvalue weighted by Gasteiger charge is 2.05. The van der Waals surface area contributed by atoms with Crippen LogP contribution in [0.4, 0.5) is 0 Å². The molecule has 6 heteroatoms. The average Bonchev–Trinajstić information content (AvgIpc) is 2.66. The minimum atomic E-state index is -0.167. The van der Waals surface area contributed by atoms with E-state index in [-0.39, 0.29) is 11.8 Å². The molecule has 0 bridgehead atoms. The van der Waals surface area contributed by atoms with Crippen LogP contribution in [0.1, 0.15) is 29.6 Å². The highest BCUT2D eigenvalue weighted by molar-refractivity contribution is 6.30. The number of halogens is 1. The summed E-state index contributed by atoms with van der Waals surface area (Å²) in [6, 6.07) is 16.3. The predicted octanol–water partition coefficient (Wildman–Crippen LogP) is 3.44. The van der Waals surface area contributed by atoms with Crippen LogP contribution in [0.3, 0.4) is 0 Å². The summed E-state index contributed by atoms with van der Waals surface area (Å²) < 4.78 is 5.56. The Labute approximate surface area is 158 Å². The molecule has 5 nitrogen and oxygen atoms in total. The second-order valence-corrected chi connectivity index (χ2v) is 6.17. The highest BCUT2D eigenvalue weighted by Crippen LogP contribution is 2.09. The normalized spacial score (nSPS) is 10.2. The van der Waals surface area contributed by atoms with Crippen molar-refractivity contribution >= 4 is 23.4 Å². The van der Waals surface area contributed by atoms with Crippen molar-refractivity contribution < 1.29 is 14.3 Å². The van der Waals surface area contributed by atoms with Gasteiger partial charge in [0.05, 0.1) is 6.61 Å². The van der Waals surface area contributed by atoms with Crippen LogP contribution in [-0.2, 0) is 4.79 Å². The van der Waals surface area contributed by atoms with Gasteiger partial charge in [-0.15, -0.1) is 0 Å². The summed E-state index contributed by atoms with van der Waals surface area (Å²) in [6.07, 6.45) is 1.71. The van der Waals surface area contributed by atoms with Crippen LogP contribution in [0.15, 0.2) is 54.6 Å². The first-order chi connectivity index (χ1) is 12.6. The number of carbonyl (C=O) groups excluding carboxylic acids is 2. The molecule has 2 amide bonds. The second-order valence-electron chi connectivity index (χ2n) is 5.73. The highest BCUT2D eigenvalue weighted by atomic mass is 35.5. The van der Waals surface area contributed by atoms with Crippen LogP contribution in [0, 0.1) is 0 Å². The summed E-state index contributed by atoms with van der Waals surface area (Å²) >= 11 is 5.79. The molecule has 0 aliphatic rings. The van der Waals surface area contributed by atoms with Crippen molar-refractivity contribution in [3.8, 4) is 5.75 Å². The molecule has 2 aromatic carbocycles. The molecule has 0 spiro atoms. The van der Waals surface area contributed by atoms with Crippen molar-refractivity contribution in [1.82, 2.24) is 10.6 Å². The van der Waals surface area contributed by atoms with Crippen molar-refractivity contribution in [2.75, 3.05) is 19.7 Å². The Morgan fingerprint density at radius 3 is 2.31 bits per heavy atom. The molecule has 2 aromatic rings. The topological polar surface area (TPSA) is 67.4 Å². The number of benzene rings is 2.